The number of halogens is 1. The molecule has 0 bridgehead atoms. The fraction of sp³-hybridized carbons (Fsp3) is 0. The lowest BCUT2D eigenvalue weighted by molar-refractivity contribution is 0.577. The lowest BCUT2D eigenvalue weighted by Crippen LogP contribution is -1.94. The number of fused-ring (bicyclic) bond motifs is 3. The molecular weight excluding hydrogens is 264 g/mol. The molecule has 0 radical (unpaired) electrons. The Bertz CT molecular complexity index is 882. The Labute approximate surface area is 112 Å². The van der Waals surface area contributed by atoms with Gasteiger partial charge in [-0.1, -0.05) is 23.7 Å². The summed E-state index contributed by atoms with van der Waals surface area (Å²) in [6, 6.07) is 11.2. The number of furan rings is 1. The van der Waals surface area contributed by atoms with E-state index in [-0.39, 0.29) is 0 Å². The fourth-order valence-electron chi connectivity index (χ4n) is 2.02. The van der Waals surface area contributed by atoms with Crippen LogP contribution < -0.4 is 0 Å². The molecule has 0 saturated heterocycles. The van der Waals surface area contributed by atoms with E-state index in [4.69, 9.17) is 16.0 Å². The minimum absolute atomic E-state index is 0.323. The van der Waals surface area contributed by atoms with Crippen molar-refractivity contribution in [3.05, 3.63) is 47.8 Å². The smallest absolute Gasteiger partial charge is 0.218 e. The second-order valence-corrected chi connectivity index (χ2v) is 4.40. The largest absolute Gasteiger partial charge is 0.461 e. The number of benzene rings is 1. The topological polar surface area (TPSA) is 56.2 Å². The van der Waals surface area contributed by atoms with Gasteiger partial charge in [0.05, 0.1) is 17.3 Å². The van der Waals surface area contributed by atoms with E-state index in [0.717, 1.165) is 11.0 Å². The zero-order valence-electron chi connectivity index (χ0n) is 9.62. The van der Waals surface area contributed by atoms with E-state index in [1.54, 1.807) is 22.9 Å². The third-order valence-electron chi connectivity index (χ3n) is 2.86. The predicted molar refractivity (Wildman–Crippen MR) is 71.0 cm³/mol. The van der Waals surface area contributed by atoms with Crippen molar-refractivity contribution in [2.45, 2.75) is 0 Å². The third-order valence-corrected chi connectivity index (χ3v) is 3.12. The van der Waals surface area contributed by atoms with Crippen LogP contribution in [0.1, 0.15) is 0 Å². The Morgan fingerprint density at radius 1 is 1.05 bits per heavy atom. The van der Waals surface area contributed by atoms with E-state index in [9.17, 15) is 0 Å². The molecule has 0 spiro atoms. The Kier molecular flexibility index (Phi) is 2.10. The molecule has 3 heterocycles. The van der Waals surface area contributed by atoms with Crippen LogP contribution in [-0.2, 0) is 0 Å². The average molecular weight is 271 g/mol. The molecule has 0 atom stereocenters. The van der Waals surface area contributed by atoms with E-state index in [0.29, 0.717) is 22.4 Å². The molecule has 0 fully saturated rings. The molecule has 0 aliphatic carbocycles. The molecule has 0 unspecified atom stereocenters. The van der Waals surface area contributed by atoms with Crippen molar-refractivity contribution in [2.24, 2.45) is 0 Å². The molecule has 6 heteroatoms. The number of aromatic nitrogens is 4. The van der Waals surface area contributed by atoms with Gasteiger partial charge in [-0.25, -0.2) is 14.5 Å². The van der Waals surface area contributed by atoms with Crippen LogP contribution >= 0.6 is 11.6 Å². The summed E-state index contributed by atoms with van der Waals surface area (Å²) in [5, 5.41) is 4.75. The van der Waals surface area contributed by atoms with Gasteiger partial charge in [-0.2, -0.15) is 0 Å². The zero-order valence-corrected chi connectivity index (χ0v) is 10.4. The van der Waals surface area contributed by atoms with Gasteiger partial charge in [0.1, 0.15) is 0 Å². The highest BCUT2D eigenvalue weighted by Crippen LogP contribution is 2.23. The van der Waals surface area contributed by atoms with Crippen molar-refractivity contribution in [1.29, 1.82) is 0 Å². The minimum atomic E-state index is 0.323. The van der Waals surface area contributed by atoms with E-state index < -0.39 is 0 Å². The summed E-state index contributed by atoms with van der Waals surface area (Å²) in [7, 11) is 0. The molecule has 0 N–H and O–H groups in total. The number of hydrogen-bond donors (Lipinski definition) is 0. The molecule has 0 amide bonds. The SMILES string of the molecule is Clc1nc2ccccc2n2nc(-c3ccco3)nc12. The fourth-order valence-corrected chi connectivity index (χ4v) is 2.23. The van der Waals surface area contributed by atoms with Gasteiger partial charge in [-0.05, 0) is 24.3 Å². The van der Waals surface area contributed by atoms with Crippen LogP contribution in [0.4, 0.5) is 0 Å². The predicted octanol–water partition coefficient (Wildman–Crippen LogP) is 3.19. The van der Waals surface area contributed by atoms with Crippen LogP contribution in [0.25, 0.3) is 28.3 Å². The van der Waals surface area contributed by atoms with Gasteiger partial charge in [-0.3, -0.25) is 0 Å². The van der Waals surface area contributed by atoms with Gasteiger partial charge in [-0.15, -0.1) is 5.10 Å². The van der Waals surface area contributed by atoms with Crippen molar-refractivity contribution in [2.75, 3.05) is 0 Å². The monoisotopic (exact) mass is 270 g/mol. The Morgan fingerprint density at radius 3 is 2.79 bits per heavy atom. The molecule has 0 aliphatic rings. The molecule has 0 saturated carbocycles. The molecule has 3 aromatic heterocycles. The number of para-hydroxylation sites is 2. The van der Waals surface area contributed by atoms with E-state index in [2.05, 4.69) is 15.1 Å². The number of rotatable bonds is 1. The molecule has 4 rings (SSSR count). The Hall–Kier alpha value is -2.40. The first-order valence-electron chi connectivity index (χ1n) is 5.68. The average Bonchev–Trinajstić information content (AvgIpc) is 3.08. The van der Waals surface area contributed by atoms with Crippen LogP contribution in [0.15, 0.2) is 47.1 Å². The van der Waals surface area contributed by atoms with Crippen molar-refractivity contribution in [1.82, 2.24) is 19.6 Å². The Morgan fingerprint density at radius 2 is 1.95 bits per heavy atom. The number of hydrogen-bond acceptors (Lipinski definition) is 4. The highest BCUT2D eigenvalue weighted by Gasteiger charge is 2.14. The Balaban J connectivity index is 2.12. The van der Waals surface area contributed by atoms with Gasteiger partial charge < -0.3 is 4.42 Å². The minimum Gasteiger partial charge on any atom is -0.461 e. The summed E-state index contributed by atoms with van der Waals surface area (Å²) in [6.07, 6.45) is 1.58. The van der Waals surface area contributed by atoms with Gasteiger partial charge in [0.2, 0.25) is 5.82 Å². The van der Waals surface area contributed by atoms with Gasteiger partial charge in [0, 0.05) is 0 Å². The number of nitrogens with zero attached hydrogens (tertiary/aromatic N) is 4. The van der Waals surface area contributed by atoms with Gasteiger partial charge in [0.25, 0.3) is 0 Å². The first-order valence-corrected chi connectivity index (χ1v) is 6.05. The first-order chi connectivity index (χ1) is 9.33. The van der Waals surface area contributed by atoms with Crippen LogP contribution in [-0.4, -0.2) is 19.6 Å². The van der Waals surface area contributed by atoms with Crippen LogP contribution in [0, 0.1) is 0 Å². The lowest BCUT2D eigenvalue weighted by atomic mass is 10.3. The molecular formula is C13H7ClN4O. The molecule has 4 aromatic rings. The normalized spacial score (nSPS) is 11.4. The first kappa shape index (κ1) is 10.5. The molecule has 5 nitrogen and oxygen atoms in total. The van der Waals surface area contributed by atoms with E-state index in [1.807, 2.05) is 24.3 Å². The second-order valence-electron chi connectivity index (χ2n) is 4.04. The van der Waals surface area contributed by atoms with Crippen molar-refractivity contribution < 1.29 is 4.42 Å². The highest BCUT2D eigenvalue weighted by atomic mass is 35.5. The maximum Gasteiger partial charge on any atom is 0.218 e. The summed E-state index contributed by atoms with van der Waals surface area (Å²) in [6.45, 7) is 0. The van der Waals surface area contributed by atoms with Crippen molar-refractivity contribution in [3.8, 4) is 11.6 Å². The quantitative estimate of drug-likeness (QED) is 0.533. The second kappa shape index (κ2) is 3.80. The van der Waals surface area contributed by atoms with Crippen molar-refractivity contribution in [3.63, 3.8) is 0 Å². The highest BCUT2D eigenvalue weighted by molar-refractivity contribution is 6.32. The standard InChI is InChI=1S/C13H7ClN4O/c14-11-13-16-12(10-6-3-7-19-10)17-18(13)9-5-2-1-4-8(9)15-11/h1-7H. The van der Waals surface area contributed by atoms with Gasteiger partial charge in [0.15, 0.2) is 16.6 Å². The van der Waals surface area contributed by atoms with Crippen LogP contribution in [0.3, 0.4) is 0 Å². The molecule has 19 heavy (non-hydrogen) atoms. The molecule has 1 aromatic carbocycles. The third kappa shape index (κ3) is 1.52. The summed E-state index contributed by atoms with van der Waals surface area (Å²) in [5.41, 5.74) is 2.15. The summed E-state index contributed by atoms with van der Waals surface area (Å²) in [4.78, 5) is 8.68. The van der Waals surface area contributed by atoms with Crippen LogP contribution in [0.2, 0.25) is 5.15 Å². The zero-order chi connectivity index (χ0) is 12.8. The maximum absolute atomic E-state index is 6.15. The molecule has 92 valence electrons. The summed E-state index contributed by atoms with van der Waals surface area (Å²) in [5.74, 6) is 1.09. The van der Waals surface area contributed by atoms with E-state index in [1.165, 1.54) is 0 Å². The summed E-state index contributed by atoms with van der Waals surface area (Å²) < 4.78 is 6.98. The molecule has 0 aliphatic heterocycles. The van der Waals surface area contributed by atoms with Crippen LogP contribution in [0.5, 0.6) is 0 Å². The van der Waals surface area contributed by atoms with Gasteiger partial charge >= 0.3 is 0 Å². The maximum atomic E-state index is 6.15. The van der Waals surface area contributed by atoms with Crippen molar-refractivity contribution >= 4 is 28.3 Å². The summed E-state index contributed by atoms with van der Waals surface area (Å²) >= 11 is 6.15. The lowest BCUT2D eigenvalue weighted by Gasteiger charge is -2.00. The van der Waals surface area contributed by atoms with E-state index >= 15 is 0 Å².